The summed E-state index contributed by atoms with van der Waals surface area (Å²) >= 11 is 0. The van der Waals surface area contributed by atoms with Crippen LogP contribution < -0.4 is 14.5 Å². The third kappa shape index (κ3) is 4.49. The third-order valence-electron chi connectivity index (χ3n) is 9.26. The molecule has 0 bridgehead atoms. The summed E-state index contributed by atoms with van der Waals surface area (Å²) < 4.78 is 13.0. The zero-order chi connectivity index (χ0) is 31.3. The molecule has 0 amide bonds. The lowest BCUT2D eigenvalue weighted by atomic mass is 9.77. The highest BCUT2D eigenvalue weighted by molar-refractivity contribution is 5.97. The molecule has 0 aliphatic carbocycles. The van der Waals surface area contributed by atoms with E-state index in [0.717, 1.165) is 47.6 Å². The van der Waals surface area contributed by atoms with Gasteiger partial charge < -0.3 is 19.3 Å². The summed E-state index contributed by atoms with van der Waals surface area (Å²) in [5, 5.41) is 0. The SMILES string of the molecule is CCCN(c1ccc2c(c1)Oc1ccccc1C21OC(=O)c2ccccc21)c1ccc(C)c(C)c1N(CC)c1ccc(C)cc1. The van der Waals surface area contributed by atoms with Crippen LogP contribution in [0.4, 0.5) is 22.7 Å². The average molecular weight is 595 g/mol. The number of ether oxygens (including phenoxy) is 2. The number of anilines is 4. The van der Waals surface area contributed by atoms with Crippen molar-refractivity contribution in [3.8, 4) is 11.5 Å². The molecule has 1 atom stereocenters. The van der Waals surface area contributed by atoms with Gasteiger partial charge in [0.25, 0.3) is 0 Å². The summed E-state index contributed by atoms with van der Waals surface area (Å²) in [6.07, 6.45) is 0.957. The van der Waals surface area contributed by atoms with Crippen molar-refractivity contribution in [2.24, 2.45) is 0 Å². The molecule has 0 N–H and O–H groups in total. The second-order valence-electron chi connectivity index (χ2n) is 12.0. The monoisotopic (exact) mass is 594 g/mol. The number of nitrogens with zero attached hydrogens (tertiary/aromatic N) is 2. The Labute approximate surface area is 265 Å². The van der Waals surface area contributed by atoms with E-state index in [0.29, 0.717) is 17.1 Å². The molecular formula is C40H38N2O3. The van der Waals surface area contributed by atoms with E-state index in [1.165, 1.54) is 28.1 Å². The quantitative estimate of drug-likeness (QED) is 0.175. The Morgan fingerprint density at radius 3 is 2.13 bits per heavy atom. The van der Waals surface area contributed by atoms with Gasteiger partial charge in [-0.1, -0.05) is 67.1 Å². The molecule has 0 saturated carbocycles. The van der Waals surface area contributed by atoms with E-state index in [-0.39, 0.29) is 5.97 Å². The summed E-state index contributed by atoms with van der Waals surface area (Å²) in [7, 11) is 0. The second kappa shape index (κ2) is 11.2. The fraction of sp³-hybridized carbons (Fsp3) is 0.225. The fourth-order valence-corrected chi connectivity index (χ4v) is 6.93. The molecule has 1 spiro atoms. The number of hydrogen-bond donors (Lipinski definition) is 0. The van der Waals surface area contributed by atoms with Crippen LogP contribution in [0.1, 0.15) is 64.0 Å². The van der Waals surface area contributed by atoms with Crippen molar-refractivity contribution in [3.05, 3.63) is 142 Å². The molecule has 2 heterocycles. The summed E-state index contributed by atoms with van der Waals surface area (Å²) in [5.74, 6) is 1.06. The molecule has 0 fully saturated rings. The molecule has 2 aliphatic heterocycles. The van der Waals surface area contributed by atoms with Crippen molar-refractivity contribution in [2.75, 3.05) is 22.9 Å². The Balaban J connectivity index is 1.40. The van der Waals surface area contributed by atoms with Gasteiger partial charge in [0.15, 0.2) is 5.60 Å². The predicted molar refractivity (Wildman–Crippen MR) is 182 cm³/mol. The minimum absolute atomic E-state index is 0.319. The third-order valence-corrected chi connectivity index (χ3v) is 9.26. The van der Waals surface area contributed by atoms with Crippen molar-refractivity contribution in [1.29, 1.82) is 0 Å². The van der Waals surface area contributed by atoms with Gasteiger partial charge in [-0.25, -0.2) is 4.79 Å². The van der Waals surface area contributed by atoms with E-state index in [9.17, 15) is 4.79 Å². The van der Waals surface area contributed by atoms with Gasteiger partial charge in [0.1, 0.15) is 11.5 Å². The molecule has 2 aliphatic rings. The number of benzene rings is 5. The maximum Gasteiger partial charge on any atom is 0.340 e. The van der Waals surface area contributed by atoms with E-state index in [1.807, 2.05) is 48.5 Å². The first-order valence-corrected chi connectivity index (χ1v) is 15.8. The van der Waals surface area contributed by atoms with Gasteiger partial charge in [0, 0.05) is 47.2 Å². The highest BCUT2D eigenvalue weighted by Crippen LogP contribution is 2.56. The maximum atomic E-state index is 13.3. The largest absolute Gasteiger partial charge is 0.456 e. The molecule has 5 heteroatoms. The van der Waals surface area contributed by atoms with Crippen LogP contribution in [-0.2, 0) is 10.3 Å². The summed E-state index contributed by atoms with van der Waals surface area (Å²) in [4.78, 5) is 18.1. The van der Waals surface area contributed by atoms with Crippen LogP contribution in [0.3, 0.4) is 0 Å². The lowest BCUT2D eigenvalue weighted by Gasteiger charge is -2.38. The second-order valence-corrected chi connectivity index (χ2v) is 12.0. The van der Waals surface area contributed by atoms with Crippen LogP contribution in [0, 0.1) is 20.8 Å². The molecule has 0 radical (unpaired) electrons. The van der Waals surface area contributed by atoms with Crippen molar-refractivity contribution < 1.29 is 14.3 Å². The highest BCUT2D eigenvalue weighted by atomic mass is 16.6. The van der Waals surface area contributed by atoms with Crippen LogP contribution in [0.15, 0.2) is 103 Å². The number of fused-ring (bicyclic) bond motifs is 6. The molecule has 0 aromatic heterocycles. The van der Waals surface area contributed by atoms with Crippen LogP contribution in [-0.4, -0.2) is 19.1 Å². The lowest BCUT2D eigenvalue weighted by Crippen LogP contribution is -2.33. The van der Waals surface area contributed by atoms with Crippen molar-refractivity contribution in [1.82, 2.24) is 0 Å². The first kappa shape index (κ1) is 28.7. The summed E-state index contributed by atoms with van der Waals surface area (Å²) in [6.45, 7) is 12.6. The zero-order valence-electron chi connectivity index (χ0n) is 26.6. The zero-order valence-corrected chi connectivity index (χ0v) is 26.6. The molecule has 226 valence electrons. The molecule has 1 unspecified atom stereocenters. The topological polar surface area (TPSA) is 42.0 Å². The maximum absolute atomic E-state index is 13.3. The molecule has 7 rings (SSSR count). The van der Waals surface area contributed by atoms with E-state index >= 15 is 0 Å². The molecule has 5 nitrogen and oxygen atoms in total. The Bertz CT molecular complexity index is 1930. The van der Waals surface area contributed by atoms with Gasteiger partial charge in [-0.05, 0) is 87.7 Å². The number of para-hydroxylation sites is 1. The lowest BCUT2D eigenvalue weighted by molar-refractivity contribution is 0.0224. The van der Waals surface area contributed by atoms with Gasteiger partial charge in [-0.15, -0.1) is 0 Å². The van der Waals surface area contributed by atoms with Gasteiger partial charge in [0.2, 0.25) is 0 Å². The number of hydrogen-bond acceptors (Lipinski definition) is 5. The van der Waals surface area contributed by atoms with Gasteiger partial charge in [0.05, 0.1) is 16.9 Å². The smallest absolute Gasteiger partial charge is 0.340 e. The normalized spacial score (nSPS) is 16.0. The summed E-state index contributed by atoms with van der Waals surface area (Å²) in [5.41, 5.74) is 10.3. The first-order valence-electron chi connectivity index (χ1n) is 15.8. The molecule has 45 heavy (non-hydrogen) atoms. The van der Waals surface area contributed by atoms with E-state index in [2.05, 4.69) is 99.0 Å². The number of rotatable bonds is 7. The average Bonchev–Trinajstić information content (AvgIpc) is 3.35. The van der Waals surface area contributed by atoms with Crippen molar-refractivity contribution in [2.45, 2.75) is 46.6 Å². The number of carbonyl (C=O) groups excluding carboxylic acids is 1. The van der Waals surface area contributed by atoms with Gasteiger partial charge in [-0.3, -0.25) is 0 Å². The Morgan fingerprint density at radius 2 is 1.38 bits per heavy atom. The van der Waals surface area contributed by atoms with Crippen LogP contribution >= 0.6 is 0 Å². The number of aryl methyl sites for hydroxylation is 2. The van der Waals surface area contributed by atoms with Crippen molar-refractivity contribution >= 4 is 28.7 Å². The van der Waals surface area contributed by atoms with Gasteiger partial charge in [-0.2, -0.15) is 0 Å². The Morgan fingerprint density at radius 1 is 0.689 bits per heavy atom. The van der Waals surface area contributed by atoms with Crippen LogP contribution in [0.5, 0.6) is 11.5 Å². The molecule has 5 aromatic carbocycles. The van der Waals surface area contributed by atoms with E-state index in [1.54, 1.807) is 0 Å². The molecule has 5 aromatic rings. The number of esters is 1. The highest BCUT2D eigenvalue weighted by Gasteiger charge is 2.53. The first-order chi connectivity index (χ1) is 21.9. The van der Waals surface area contributed by atoms with Gasteiger partial charge >= 0.3 is 5.97 Å². The fourth-order valence-electron chi connectivity index (χ4n) is 6.93. The minimum atomic E-state index is -1.07. The Hall–Kier alpha value is -5.03. The van der Waals surface area contributed by atoms with Crippen LogP contribution in [0.25, 0.3) is 0 Å². The molecular weight excluding hydrogens is 556 g/mol. The van der Waals surface area contributed by atoms with Crippen molar-refractivity contribution in [3.63, 3.8) is 0 Å². The van der Waals surface area contributed by atoms with E-state index < -0.39 is 5.60 Å². The van der Waals surface area contributed by atoms with Crippen LogP contribution in [0.2, 0.25) is 0 Å². The minimum Gasteiger partial charge on any atom is -0.456 e. The number of carbonyl (C=O) groups is 1. The predicted octanol–water partition coefficient (Wildman–Crippen LogP) is 9.89. The standard InChI is InChI=1S/C40H38N2O3/c1-6-24-42(35-23-18-27(4)28(5)38(35)41(7-2)29-19-16-26(3)17-20-29)30-21-22-34-37(25-30)44-36-15-11-10-14-33(36)40(34)32-13-9-8-12-31(32)39(43)45-40/h8-23,25H,6-7,24H2,1-5H3. The van der Waals surface area contributed by atoms with E-state index in [4.69, 9.17) is 9.47 Å². The Kier molecular flexibility index (Phi) is 7.12. The molecule has 0 saturated heterocycles. The summed E-state index contributed by atoms with van der Waals surface area (Å²) in [6, 6.07) is 35.1.